The summed E-state index contributed by atoms with van der Waals surface area (Å²) in [4.78, 5) is 4.48. The number of rotatable bonds is 6. The van der Waals surface area contributed by atoms with Crippen LogP contribution in [0.25, 0.3) is 0 Å². The highest BCUT2D eigenvalue weighted by atomic mass is 16.5. The lowest BCUT2D eigenvalue weighted by atomic mass is 9.96. The first-order valence-electron chi connectivity index (χ1n) is 5.95. The van der Waals surface area contributed by atoms with Gasteiger partial charge in [-0.25, -0.2) is 4.99 Å². The lowest BCUT2D eigenvalue weighted by Crippen LogP contribution is -2.08. The van der Waals surface area contributed by atoms with E-state index in [0.29, 0.717) is 6.04 Å². The molecule has 2 heteroatoms. The summed E-state index contributed by atoms with van der Waals surface area (Å²) >= 11 is 0. The standard InChI is InChI=1S/C12H23NO/c1-4-6-7-11(5-2)8-12-13-10(3)9-14-12/h10-11H,4-9H2,1-3H3. The molecule has 14 heavy (non-hydrogen) atoms. The summed E-state index contributed by atoms with van der Waals surface area (Å²) in [5.41, 5.74) is 0. The van der Waals surface area contributed by atoms with Crippen LogP contribution in [0, 0.1) is 5.92 Å². The van der Waals surface area contributed by atoms with Crippen LogP contribution in [0.2, 0.25) is 0 Å². The molecule has 0 aromatic rings. The Morgan fingerprint density at radius 3 is 2.79 bits per heavy atom. The van der Waals surface area contributed by atoms with Gasteiger partial charge in [-0.1, -0.05) is 33.1 Å². The largest absolute Gasteiger partial charge is 0.479 e. The summed E-state index contributed by atoms with van der Waals surface area (Å²) in [6.45, 7) is 7.41. The van der Waals surface area contributed by atoms with E-state index in [9.17, 15) is 0 Å². The molecule has 2 unspecified atom stereocenters. The number of ether oxygens (including phenoxy) is 1. The van der Waals surface area contributed by atoms with Gasteiger partial charge in [0.25, 0.3) is 0 Å². The third-order valence-electron chi connectivity index (χ3n) is 2.86. The van der Waals surface area contributed by atoms with E-state index < -0.39 is 0 Å². The van der Waals surface area contributed by atoms with E-state index in [1.165, 1.54) is 25.7 Å². The Kier molecular flexibility index (Phi) is 4.99. The van der Waals surface area contributed by atoms with E-state index in [4.69, 9.17) is 4.74 Å². The molecule has 0 radical (unpaired) electrons. The molecular weight excluding hydrogens is 174 g/mol. The minimum absolute atomic E-state index is 0.383. The molecule has 1 rings (SSSR count). The van der Waals surface area contributed by atoms with Crippen molar-refractivity contribution in [3.63, 3.8) is 0 Å². The fraction of sp³-hybridized carbons (Fsp3) is 0.917. The predicted molar refractivity (Wildman–Crippen MR) is 60.8 cm³/mol. The van der Waals surface area contributed by atoms with Crippen molar-refractivity contribution >= 4 is 5.90 Å². The summed E-state index contributed by atoms with van der Waals surface area (Å²) in [5.74, 6) is 1.78. The lowest BCUT2D eigenvalue weighted by Gasteiger charge is -2.13. The zero-order valence-corrected chi connectivity index (χ0v) is 9.75. The molecule has 0 fully saturated rings. The molecule has 0 spiro atoms. The number of hydrogen-bond acceptors (Lipinski definition) is 2. The van der Waals surface area contributed by atoms with Crippen LogP contribution in [0.1, 0.15) is 52.9 Å². The highest BCUT2D eigenvalue weighted by molar-refractivity contribution is 5.77. The van der Waals surface area contributed by atoms with Gasteiger partial charge in [0, 0.05) is 6.42 Å². The Bertz CT molecular complexity index is 189. The quantitative estimate of drug-likeness (QED) is 0.639. The van der Waals surface area contributed by atoms with Gasteiger partial charge in [0.1, 0.15) is 6.61 Å². The molecule has 0 amide bonds. The van der Waals surface area contributed by atoms with Gasteiger partial charge in [0.2, 0.25) is 0 Å². The molecule has 0 saturated carbocycles. The van der Waals surface area contributed by atoms with E-state index in [1.54, 1.807) is 0 Å². The molecule has 0 N–H and O–H groups in total. The molecule has 0 saturated heterocycles. The Morgan fingerprint density at radius 2 is 2.29 bits per heavy atom. The van der Waals surface area contributed by atoms with Gasteiger partial charge in [-0.2, -0.15) is 0 Å². The molecule has 1 aliphatic rings. The van der Waals surface area contributed by atoms with Crippen molar-refractivity contribution in [1.29, 1.82) is 0 Å². The Labute approximate surface area is 87.8 Å². The zero-order chi connectivity index (χ0) is 10.4. The predicted octanol–water partition coefficient (Wildman–Crippen LogP) is 3.41. The highest BCUT2D eigenvalue weighted by Crippen LogP contribution is 2.19. The first-order valence-corrected chi connectivity index (χ1v) is 5.95. The minimum Gasteiger partial charge on any atom is -0.479 e. The van der Waals surface area contributed by atoms with E-state index in [0.717, 1.165) is 24.8 Å². The number of hydrogen-bond donors (Lipinski definition) is 0. The third-order valence-corrected chi connectivity index (χ3v) is 2.86. The monoisotopic (exact) mass is 197 g/mol. The maximum Gasteiger partial charge on any atom is 0.183 e. The zero-order valence-electron chi connectivity index (χ0n) is 9.75. The maximum atomic E-state index is 5.53. The van der Waals surface area contributed by atoms with Gasteiger partial charge in [0.15, 0.2) is 5.90 Å². The molecule has 0 aromatic carbocycles. The van der Waals surface area contributed by atoms with Gasteiger partial charge >= 0.3 is 0 Å². The van der Waals surface area contributed by atoms with Crippen LogP contribution >= 0.6 is 0 Å². The molecule has 0 aromatic heterocycles. The molecule has 1 aliphatic heterocycles. The van der Waals surface area contributed by atoms with Gasteiger partial charge in [-0.15, -0.1) is 0 Å². The summed E-state index contributed by atoms with van der Waals surface area (Å²) < 4.78 is 5.53. The summed E-state index contributed by atoms with van der Waals surface area (Å²) in [6, 6.07) is 0.383. The molecule has 0 bridgehead atoms. The van der Waals surface area contributed by atoms with Crippen molar-refractivity contribution in [3.05, 3.63) is 0 Å². The second-order valence-corrected chi connectivity index (χ2v) is 4.30. The first kappa shape index (κ1) is 11.5. The van der Waals surface area contributed by atoms with Crippen LogP contribution in [0.5, 0.6) is 0 Å². The van der Waals surface area contributed by atoms with Crippen molar-refractivity contribution in [1.82, 2.24) is 0 Å². The summed E-state index contributed by atoms with van der Waals surface area (Å²) in [6.07, 6.45) is 6.25. The lowest BCUT2D eigenvalue weighted by molar-refractivity contribution is 0.304. The average Bonchev–Trinajstić information content (AvgIpc) is 2.58. The van der Waals surface area contributed by atoms with Crippen molar-refractivity contribution in [2.75, 3.05) is 6.61 Å². The SMILES string of the molecule is CCCCC(CC)CC1=NC(C)CO1. The molecular formula is C12H23NO. The number of unbranched alkanes of at least 4 members (excludes halogenated alkanes) is 1. The second kappa shape index (κ2) is 6.05. The van der Waals surface area contributed by atoms with Crippen LogP contribution in [0.15, 0.2) is 4.99 Å². The number of aliphatic imine (C=N–C) groups is 1. The fourth-order valence-corrected chi connectivity index (χ4v) is 1.84. The molecule has 1 heterocycles. The van der Waals surface area contributed by atoms with E-state index in [2.05, 4.69) is 25.8 Å². The minimum atomic E-state index is 0.383. The van der Waals surface area contributed by atoms with Crippen LogP contribution in [0.3, 0.4) is 0 Å². The first-order chi connectivity index (χ1) is 6.76. The van der Waals surface area contributed by atoms with Gasteiger partial charge in [0.05, 0.1) is 6.04 Å². The Balaban J connectivity index is 2.29. The van der Waals surface area contributed by atoms with E-state index in [1.807, 2.05) is 0 Å². The van der Waals surface area contributed by atoms with Crippen LogP contribution in [-0.2, 0) is 4.74 Å². The van der Waals surface area contributed by atoms with Crippen molar-refractivity contribution in [3.8, 4) is 0 Å². The highest BCUT2D eigenvalue weighted by Gasteiger charge is 2.17. The normalized spacial score (nSPS) is 23.1. The molecule has 82 valence electrons. The van der Waals surface area contributed by atoms with Crippen molar-refractivity contribution in [2.45, 2.75) is 58.9 Å². The second-order valence-electron chi connectivity index (χ2n) is 4.30. The van der Waals surface area contributed by atoms with Gasteiger partial charge in [-0.05, 0) is 19.3 Å². The molecule has 2 atom stereocenters. The smallest absolute Gasteiger partial charge is 0.183 e. The van der Waals surface area contributed by atoms with Gasteiger partial charge < -0.3 is 4.74 Å². The number of nitrogens with zero attached hydrogens (tertiary/aromatic N) is 1. The van der Waals surface area contributed by atoms with Crippen molar-refractivity contribution < 1.29 is 4.74 Å². The van der Waals surface area contributed by atoms with Crippen LogP contribution in [0.4, 0.5) is 0 Å². The molecule has 2 nitrogen and oxygen atoms in total. The van der Waals surface area contributed by atoms with Crippen LogP contribution < -0.4 is 0 Å². The van der Waals surface area contributed by atoms with Gasteiger partial charge in [-0.3, -0.25) is 0 Å². The Hall–Kier alpha value is -0.530. The topological polar surface area (TPSA) is 21.6 Å². The fourth-order valence-electron chi connectivity index (χ4n) is 1.84. The van der Waals surface area contributed by atoms with Crippen molar-refractivity contribution in [2.24, 2.45) is 10.9 Å². The third kappa shape index (κ3) is 3.69. The maximum absolute atomic E-state index is 5.53. The summed E-state index contributed by atoms with van der Waals surface area (Å²) in [7, 11) is 0. The van der Waals surface area contributed by atoms with E-state index in [-0.39, 0.29) is 0 Å². The average molecular weight is 197 g/mol. The molecule has 0 aliphatic carbocycles. The van der Waals surface area contributed by atoms with E-state index >= 15 is 0 Å². The summed E-state index contributed by atoms with van der Waals surface area (Å²) in [5, 5.41) is 0. The Morgan fingerprint density at radius 1 is 1.50 bits per heavy atom. The van der Waals surface area contributed by atoms with Crippen LogP contribution in [-0.4, -0.2) is 18.5 Å².